The second kappa shape index (κ2) is 4.50. The van der Waals surface area contributed by atoms with E-state index < -0.39 is 0 Å². The van der Waals surface area contributed by atoms with Crippen molar-refractivity contribution in [3.05, 3.63) is 23.3 Å². The Morgan fingerprint density at radius 3 is 3.00 bits per heavy atom. The molecule has 1 aromatic rings. The Morgan fingerprint density at radius 1 is 1.19 bits per heavy atom. The first-order chi connectivity index (χ1) is 7.93. The highest BCUT2D eigenvalue weighted by atomic mass is 15.0. The molecule has 2 aliphatic rings. The van der Waals surface area contributed by atoms with Crippen LogP contribution in [0.15, 0.2) is 6.20 Å². The molecule has 1 aliphatic heterocycles. The number of aryl methyl sites for hydroxylation is 2. The summed E-state index contributed by atoms with van der Waals surface area (Å²) in [4.78, 5) is 9.37. The first-order valence-electron chi connectivity index (χ1n) is 6.49. The van der Waals surface area contributed by atoms with E-state index in [4.69, 9.17) is 4.98 Å². The highest BCUT2D eigenvalue weighted by molar-refractivity contribution is 5.20. The van der Waals surface area contributed by atoms with Gasteiger partial charge in [-0.2, -0.15) is 0 Å². The van der Waals surface area contributed by atoms with Gasteiger partial charge in [0, 0.05) is 24.4 Å². The highest BCUT2D eigenvalue weighted by Gasteiger charge is 2.20. The molecule has 0 spiro atoms. The SMILES string of the molecule is c1nc(C2CCNC2)nc2c1CCCCC2. The van der Waals surface area contributed by atoms with Crippen molar-refractivity contribution in [1.29, 1.82) is 0 Å². The minimum Gasteiger partial charge on any atom is -0.316 e. The van der Waals surface area contributed by atoms with E-state index in [9.17, 15) is 0 Å². The third-order valence-electron chi connectivity index (χ3n) is 3.76. The van der Waals surface area contributed by atoms with E-state index in [1.807, 2.05) is 0 Å². The third-order valence-corrected chi connectivity index (χ3v) is 3.76. The predicted molar refractivity (Wildman–Crippen MR) is 63.5 cm³/mol. The summed E-state index contributed by atoms with van der Waals surface area (Å²) in [7, 11) is 0. The molecular formula is C13H19N3. The molecule has 3 nitrogen and oxygen atoms in total. The zero-order chi connectivity index (χ0) is 10.8. The molecule has 3 heteroatoms. The molecule has 16 heavy (non-hydrogen) atoms. The summed E-state index contributed by atoms with van der Waals surface area (Å²) in [5, 5.41) is 3.38. The van der Waals surface area contributed by atoms with Gasteiger partial charge in [-0.15, -0.1) is 0 Å². The molecule has 1 aromatic heterocycles. The highest BCUT2D eigenvalue weighted by Crippen LogP contribution is 2.23. The lowest BCUT2D eigenvalue weighted by atomic mass is 10.1. The Balaban J connectivity index is 1.88. The van der Waals surface area contributed by atoms with Gasteiger partial charge in [0.25, 0.3) is 0 Å². The quantitative estimate of drug-likeness (QED) is 0.729. The summed E-state index contributed by atoms with van der Waals surface area (Å²) in [6.45, 7) is 2.17. The topological polar surface area (TPSA) is 37.8 Å². The van der Waals surface area contributed by atoms with Crippen molar-refractivity contribution in [2.24, 2.45) is 0 Å². The molecule has 3 rings (SSSR count). The van der Waals surface area contributed by atoms with E-state index >= 15 is 0 Å². The van der Waals surface area contributed by atoms with Crippen LogP contribution in [0.2, 0.25) is 0 Å². The summed E-state index contributed by atoms with van der Waals surface area (Å²) >= 11 is 0. The van der Waals surface area contributed by atoms with E-state index in [2.05, 4.69) is 16.5 Å². The van der Waals surface area contributed by atoms with Crippen molar-refractivity contribution < 1.29 is 0 Å². The fourth-order valence-corrected chi connectivity index (χ4v) is 2.74. The number of fused-ring (bicyclic) bond motifs is 1. The lowest BCUT2D eigenvalue weighted by Crippen LogP contribution is -2.12. The van der Waals surface area contributed by atoms with Gasteiger partial charge in [-0.3, -0.25) is 0 Å². The van der Waals surface area contributed by atoms with Gasteiger partial charge in [0.2, 0.25) is 0 Å². The van der Waals surface area contributed by atoms with Gasteiger partial charge in [0.15, 0.2) is 0 Å². The molecule has 1 N–H and O–H groups in total. The molecule has 0 radical (unpaired) electrons. The molecule has 0 amide bonds. The molecule has 0 bridgehead atoms. The number of hydrogen-bond donors (Lipinski definition) is 1. The Kier molecular flexibility index (Phi) is 2.87. The standard InChI is InChI=1S/C13H19N3/c1-2-4-10-9-15-13(11-6-7-14-8-11)16-12(10)5-3-1/h9,11,14H,1-8H2. The molecule has 2 heterocycles. The molecule has 1 saturated heterocycles. The van der Waals surface area contributed by atoms with Gasteiger partial charge in [-0.1, -0.05) is 6.42 Å². The number of nitrogens with zero attached hydrogens (tertiary/aromatic N) is 2. The minimum atomic E-state index is 0.550. The molecule has 0 saturated carbocycles. The van der Waals surface area contributed by atoms with Crippen molar-refractivity contribution in [3.63, 3.8) is 0 Å². The van der Waals surface area contributed by atoms with Crippen molar-refractivity contribution in [2.45, 2.75) is 44.4 Å². The van der Waals surface area contributed by atoms with E-state index in [0.717, 1.165) is 25.3 Å². The zero-order valence-corrected chi connectivity index (χ0v) is 9.71. The Morgan fingerprint density at radius 2 is 2.12 bits per heavy atom. The van der Waals surface area contributed by atoms with Gasteiger partial charge >= 0.3 is 0 Å². The second-order valence-electron chi connectivity index (χ2n) is 4.95. The van der Waals surface area contributed by atoms with Crippen LogP contribution in [0.1, 0.15) is 48.7 Å². The van der Waals surface area contributed by atoms with Crippen LogP contribution >= 0.6 is 0 Å². The molecule has 1 fully saturated rings. The van der Waals surface area contributed by atoms with Crippen molar-refractivity contribution in [1.82, 2.24) is 15.3 Å². The molecule has 1 aliphatic carbocycles. The Bertz CT molecular complexity index is 369. The average Bonchev–Trinajstić information content (AvgIpc) is 2.74. The molecule has 1 atom stereocenters. The van der Waals surface area contributed by atoms with Gasteiger partial charge in [0.05, 0.1) is 0 Å². The van der Waals surface area contributed by atoms with E-state index in [-0.39, 0.29) is 0 Å². The van der Waals surface area contributed by atoms with E-state index in [1.54, 1.807) is 0 Å². The number of nitrogens with one attached hydrogen (secondary N) is 1. The lowest BCUT2D eigenvalue weighted by molar-refractivity contribution is 0.683. The predicted octanol–water partition coefficient (Wildman–Crippen LogP) is 1.82. The zero-order valence-electron chi connectivity index (χ0n) is 9.71. The van der Waals surface area contributed by atoms with Gasteiger partial charge < -0.3 is 5.32 Å². The first-order valence-corrected chi connectivity index (χ1v) is 6.49. The van der Waals surface area contributed by atoms with Crippen LogP contribution < -0.4 is 5.32 Å². The van der Waals surface area contributed by atoms with Crippen molar-refractivity contribution in [3.8, 4) is 0 Å². The monoisotopic (exact) mass is 217 g/mol. The maximum absolute atomic E-state index is 4.80. The summed E-state index contributed by atoms with van der Waals surface area (Å²) in [5.74, 6) is 1.62. The van der Waals surface area contributed by atoms with Crippen molar-refractivity contribution in [2.75, 3.05) is 13.1 Å². The van der Waals surface area contributed by atoms with Crippen LogP contribution in [0.5, 0.6) is 0 Å². The van der Waals surface area contributed by atoms with Crippen LogP contribution in [-0.2, 0) is 12.8 Å². The van der Waals surface area contributed by atoms with Crippen LogP contribution in [0.25, 0.3) is 0 Å². The van der Waals surface area contributed by atoms with Gasteiger partial charge in [-0.25, -0.2) is 9.97 Å². The normalized spacial score (nSPS) is 25.1. The van der Waals surface area contributed by atoms with Crippen LogP contribution in [-0.4, -0.2) is 23.1 Å². The fourth-order valence-electron chi connectivity index (χ4n) is 2.74. The summed E-state index contributed by atoms with van der Waals surface area (Å²) in [6.07, 6.45) is 9.56. The van der Waals surface area contributed by atoms with Gasteiger partial charge in [-0.05, 0) is 44.2 Å². The third kappa shape index (κ3) is 1.96. The first kappa shape index (κ1) is 10.2. The van der Waals surface area contributed by atoms with E-state index in [1.165, 1.54) is 43.4 Å². The molecule has 1 unspecified atom stereocenters. The summed E-state index contributed by atoms with van der Waals surface area (Å²) in [6, 6.07) is 0. The van der Waals surface area contributed by atoms with Crippen LogP contribution in [0, 0.1) is 0 Å². The number of rotatable bonds is 1. The largest absolute Gasteiger partial charge is 0.316 e. The molecule has 86 valence electrons. The average molecular weight is 217 g/mol. The molecular weight excluding hydrogens is 198 g/mol. The lowest BCUT2D eigenvalue weighted by Gasteiger charge is -2.10. The molecule has 0 aromatic carbocycles. The Labute approximate surface area is 96.7 Å². The number of hydrogen-bond acceptors (Lipinski definition) is 3. The van der Waals surface area contributed by atoms with Crippen molar-refractivity contribution >= 4 is 0 Å². The number of aromatic nitrogens is 2. The van der Waals surface area contributed by atoms with Crippen LogP contribution in [0.4, 0.5) is 0 Å². The maximum Gasteiger partial charge on any atom is 0.132 e. The maximum atomic E-state index is 4.80. The van der Waals surface area contributed by atoms with E-state index in [0.29, 0.717) is 5.92 Å². The second-order valence-corrected chi connectivity index (χ2v) is 4.95. The fraction of sp³-hybridized carbons (Fsp3) is 0.692. The minimum absolute atomic E-state index is 0.550. The van der Waals surface area contributed by atoms with Crippen LogP contribution in [0.3, 0.4) is 0 Å². The Hall–Kier alpha value is -0.960. The smallest absolute Gasteiger partial charge is 0.132 e. The summed E-state index contributed by atoms with van der Waals surface area (Å²) in [5.41, 5.74) is 2.72. The van der Waals surface area contributed by atoms with Gasteiger partial charge in [0.1, 0.15) is 5.82 Å². The summed E-state index contributed by atoms with van der Waals surface area (Å²) < 4.78 is 0.